The van der Waals surface area contributed by atoms with E-state index in [9.17, 15) is 32.3 Å². The molecule has 0 aliphatic heterocycles. The quantitative estimate of drug-likeness (QED) is 0.256. The molecule has 0 spiro atoms. The van der Waals surface area contributed by atoms with Gasteiger partial charge in [-0.1, -0.05) is 6.08 Å². The Hall–Kier alpha value is -4.76. The van der Waals surface area contributed by atoms with E-state index in [1.165, 1.54) is 39.9 Å². The summed E-state index contributed by atoms with van der Waals surface area (Å²) in [6.07, 6.45) is -1.69. The number of H-pyrrole nitrogens is 1. The molecule has 214 valence electrons. The number of carbonyl (C=O) groups excluding carboxylic acids is 2. The van der Waals surface area contributed by atoms with Crippen LogP contribution in [-0.4, -0.2) is 78.7 Å². The lowest BCUT2D eigenvalue weighted by Gasteiger charge is -2.16. The number of alkyl halides is 3. The van der Waals surface area contributed by atoms with Gasteiger partial charge in [0.1, 0.15) is 29.4 Å². The third-order valence-corrected chi connectivity index (χ3v) is 5.60. The lowest BCUT2D eigenvalue weighted by molar-refractivity contribution is -0.134. The summed E-state index contributed by atoms with van der Waals surface area (Å²) >= 11 is 0. The second-order valence-corrected chi connectivity index (χ2v) is 8.88. The van der Waals surface area contributed by atoms with Gasteiger partial charge in [0.2, 0.25) is 11.8 Å². The molecule has 1 unspecified atom stereocenters. The second kappa shape index (κ2) is 12.9. The third kappa shape index (κ3) is 8.37. The van der Waals surface area contributed by atoms with E-state index in [0.29, 0.717) is 0 Å². The van der Waals surface area contributed by atoms with Gasteiger partial charge >= 0.3 is 12.3 Å². The number of aryl methyl sites for hydroxylation is 1. The zero-order valence-electron chi connectivity index (χ0n) is 21.5. The van der Waals surface area contributed by atoms with Crippen molar-refractivity contribution in [3.05, 3.63) is 58.7 Å². The maximum absolute atomic E-state index is 13.0. The molecule has 0 fully saturated rings. The Labute approximate surface area is 225 Å². The number of pyridine rings is 1. The number of aromatic nitrogens is 5. The molecule has 0 bridgehead atoms. The van der Waals surface area contributed by atoms with Crippen molar-refractivity contribution < 1.29 is 32.7 Å². The zero-order chi connectivity index (χ0) is 29.4. The van der Waals surface area contributed by atoms with Gasteiger partial charge in [-0.25, -0.2) is 19.7 Å². The van der Waals surface area contributed by atoms with Crippen LogP contribution in [-0.2, 0) is 22.6 Å². The summed E-state index contributed by atoms with van der Waals surface area (Å²) in [6, 6.07) is 1.60. The van der Waals surface area contributed by atoms with Crippen molar-refractivity contribution in [1.82, 2.24) is 34.7 Å². The fraction of sp³-hybridized carbons (Fsp3) is 0.375. The molecule has 3 aromatic heterocycles. The van der Waals surface area contributed by atoms with E-state index in [-0.39, 0.29) is 60.1 Å². The summed E-state index contributed by atoms with van der Waals surface area (Å²) in [5, 5.41) is 13.6. The lowest BCUT2D eigenvalue weighted by atomic mass is 10.1. The van der Waals surface area contributed by atoms with Crippen LogP contribution in [0.5, 0.6) is 0 Å². The van der Waals surface area contributed by atoms with Crippen LogP contribution in [0.25, 0.3) is 11.2 Å². The minimum atomic E-state index is -4.36. The number of rotatable bonds is 11. The van der Waals surface area contributed by atoms with E-state index in [2.05, 4.69) is 30.6 Å². The topological polar surface area (TPSA) is 175 Å². The van der Waals surface area contributed by atoms with Crippen LogP contribution in [0.2, 0.25) is 0 Å². The highest BCUT2D eigenvalue weighted by Gasteiger charge is 2.27. The van der Waals surface area contributed by atoms with Crippen molar-refractivity contribution in [2.45, 2.75) is 44.4 Å². The summed E-state index contributed by atoms with van der Waals surface area (Å²) in [5.74, 6) is -0.831. The standard InChI is InChI=1S/C24H27F3N8O5/c1-34(2)18(36)8-4-3-6-15(31-23(39)40)21(37)30-16-7-5-11-35(22(16)38)12-17-32-19-14(9-10-24(25,26)27)28-13-29-20(19)33-17/h4-5,7-8,11,13,15,31H,3,6,9-10,12H2,1-2H3,(H,30,37)(H,39,40)(H,28,29,32,33)/b8-4+. The Balaban J connectivity index is 1.74. The van der Waals surface area contributed by atoms with Gasteiger partial charge in [0.15, 0.2) is 5.65 Å². The number of likely N-dealkylation sites (N-methyl/N-ethyl adjacent to an activating group) is 1. The molecule has 0 aliphatic carbocycles. The van der Waals surface area contributed by atoms with Crippen LogP contribution < -0.4 is 16.2 Å². The van der Waals surface area contributed by atoms with Crippen LogP contribution in [0.1, 0.15) is 30.8 Å². The van der Waals surface area contributed by atoms with E-state index < -0.39 is 36.2 Å². The fourth-order valence-corrected chi connectivity index (χ4v) is 3.60. The Kier molecular flexibility index (Phi) is 9.58. The van der Waals surface area contributed by atoms with Gasteiger partial charge < -0.3 is 30.2 Å². The smallest absolute Gasteiger partial charge is 0.405 e. The molecule has 3 heterocycles. The first-order valence-electron chi connectivity index (χ1n) is 12.0. The summed E-state index contributed by atoms with van der Waals surface area (Å²) < 4.78 is 39.2. The molecule has 3 aromatic rings. The van der Waals surface area contributed by atoms with Crippen molar-refractivity contribution in [2.75, 3.05) is 19.4 Å². The predicted molar refractivity (Wildman–Crippen MR) is 137 cm³/mol. The number of carbonyl (C=O) groups is 3. The second-order valence-electron chi connectivity index (χ2n) is 8.88. The predicted octanol–water partition coefficient (Wildman–Crippen LogP) is 2.06. The average molecular weight is 565 g/mol. The van der Waals surface area contributed by atoms with Crippen molar-refractivity contribution >= 4 is 34.8 Å². The molecule has 4 N–H and O–H groups in total. The highest BCUT2D eigenvalue weighted by atomic mass is 19.4. The number of hydrogen-bond donors (Lipinski definition) is 4. The number of imidazole rings is 1. The first-order chi connectivity index (χ1) is 18.8. The number of hydrogen-bond acceptors (Lipinski definition) is 7. The van der Waals surface area contributed by atoms with E-state index in [4.69, 9.17) is 5.11 Å². The van der Waals surface area contributed by atoms with Gasteiger partial charge in [-0.2, -0.15) is 13.2 Å². The van der Waals surface area contributed by atoms with E-state index in [1.807, 2.05) is 0 Å². The van der Waals surface area contributed by atoms with Crippen LogP contribution >= 0.6 is 0 Å². The van der Waals surface area contributed by atoms with Gasteiger partial charge in [-0.15, -0.1) is 0 Å². The van der Waals surface area contributed by atoms with E-state index in [0.717, 1.165) is 6.33 Å². The van der Waals surface area contributed by atoms with Gasteiger partial charge in [0.25, 0.3) is 5.56 Å². The number of anilines is 1. The highest BCUT2D eigenvalue weighted by molar-refractivity contribution is 5.96. The Morgan fingerprint density at radius 3 is 2.67 bits per heavy atom. The van der Waals surface area contributed by atoms with Crippen molar-refractivity contribution in [3.63, 3.8) is 0 Å². The average Bonchev–Trinajstić information content (AvgIpc) is 3.29. The fourth-order valence-electron chi connectivity index (χ4n) is 3.60. The third-order valence-electron chi connectivity index (χ3n) is 5.60. The molecule has 0 aromatic carbocycles. The zero-order valence-corrected chi connectivity index (χ0v) is 21.5. The molecule has 1 atom stereocenters. The molecule has 3 rings (SSSR count). The van der Waals surface area contributed by atoms with Gasteiger partial charge in [-0.05, 0) is 31.1 Å². The molecule has 0 saturated carbocycles. The molecule has 16 heteroatoms. The number of allylic oxidation sites excluding steroid dienone is 1. The number of fused-ring (bicyclic) bond motifs is 1. The van der Waals surface area contributed by atoms with E-state index in [1.54, 1.807) is 14.1 Å². The van der Waals surface area contributed by atoms with Crippen LogP contribution in [0.4, 0.5) is 23.7 Å². The lowest BCUT2D eigenvalue weighted by Crippen LogP contribution is -2.44. The molecular formula is C24H27F3N8O5. The largest absolute Gasteiger partial charge is 0.465 e. The number of nitrogens with zero attached hydrogens (tertiary/aromatic N) is 5. The molecule has 0 radical (unpaired) electrons. The normalized spacial score (nSPS) is 12.4. The Morgan fingerprint density at radius 2 is 2.00 bits per heavy atom. The van der Waals surface area contributed by atoms with Crippen molar-refractivity contribution in [2.24, 2.45) is 0 Å². The van der Waals surface area contributed by atoms with Crippen LogP contribution in [0.3, 0.4) is 0 Å². The number of carboxylic acid groups (broad SMARTS) is 1. The first-order valence-corrected chi connectivity index (χ1v) is 12.0. The maximum Gasteiger partial charge on any atom is 0.405 e. The number of aromatic amines is 1. The maximum atomic E-state index is 13.0. The number of halogens is 3. The summed E-state index contributed by atoms with van der Waals surface area (Å²) in [4.78, 5) is 64.9. The number of amides is 3. The van der Waals surface area contributed by atoms with Gasteiger partial charge in [0, 0.05) is 33.1 Å². The van der Waals surface area contributed by atoms with Crippen molar-refractivity contribution in [1.29, 1.82) is 0 Å². The first kappa shape index (κ1) is 29.8. The minimum absolute atomic E-state index is 0.0209. The highest BCUT2D eigenvalue weighted by Crippen LogP contribution is 2.23. The van der Waals surface area contributed by atoms with E-state index >= 15 is 0 Å². The van der Waals surface area contributed by atoms with Crippen LogP contribution in [0.15, 0.2) is 41.6 Å². The molecule has 13 nitrogen and oxygen atoms in total. The summed E-state index contributed by atoms with van der Waals surface area (Å²) in [7, 11) is 3.14. The summed E-state index contributed by atoms with van der Waals surface area (Å²) in [5.41, 5.74) is -0.269. The van der Waals surface area contributed by atoms with Gasteiger partial charge in [-0.3, -0.25) is 14.4 Å². The molecule has 3 amide bonds. The Bertz CT molecular complexity index is 1460. The molecule has 0 saturated heterocycles. The Morgan fingerprint density at radius 1 is 1.25 bits per heavy atom. The summed E-state index contributed by atoms with van der Waals surface area (Å²) in [6.45, 7) is -0.126. The van der Waals surface area contributed by atoms with Crippen LogP contribution in [0, 0.1) is 0 Å². The SMILES string of the molecule is CN(C)C(=O)/C=C/CCC(NC(=O)O)C(=O)Nc1cccn(Cc2nc3ncnc(CCC(F)(F)F)c3[nH]2)c1=O. The molecular weight excluding hydrogens is 537 g/mol. The minimum Gasteiger partial charge on any atom is -0.465 e. The van der Waals surface area contributed by atoms with Crippen molar-refractivity contribution in [3.8, 4) is 0 Å². The monoisotopic (exact) mass is 564 g/mol. The van der Waals surface area contributed by atoms with Gasteiger partial charge in [0.05, 0.1) is 12.2 Å². The number of nitrogens with one attached hydrogen (secondary N) is 3. The molecule has 40 heavy (non-hydrogen) atoms. The molecule has 0 aliphatic rings.